The predicted molar refractivity (Wildman–Crippen MR) is 66.2 cm³/mol. The zero-order valence-electron chi connectivity index (χ0n) is 9.93. The first kappa shape index (κ1) is 12.8. The van der Waals surface area contributed by atoms with E-state index >= 15 is 0 Å². The van der Waals surface area contributed by atoms with Crippen molar-refractivity contribution in [3.8, 4) is 0 Å². The maximum absolute atomic E-state index is 11.6. The Bertz CT molecular complexity index is 207. The van der Waals surface area contributed by atoms with Gasteiger partial charge in [-0.1, -0.05) is 20.8 Å². The van der Waals surface area contributed by atoms with Crippen molar-refractivity contribution >= 4 is 17.7 Å². The fourth-order valence-corrected chi connectivity index (χ4v) is 2.38. The molecule has 1 heterocycles. The third-order valence-electron chi connectivity index (χ3n) is 2.31. The average molecular weight is 230 g/mol. The van der Waals surface area contributed by atoms with Gasteiger partial charge in [-0.3, -0.25) is 4.79 Å². The van der Waals surface area contributed by atoms with Gasteiger partial charge in [0, 0.05) is 17.0 Å². The van der Waals surface area contributed by atoms with Crippen LogP contribution in [0.4, 0.5) is 0 Å². The van der Waals surface area contributed by atoms with Crippen molar-refractivity contribution in [2.45, 2.75) is 44.4 Å². The molecule has 0 aromatic rings. The molecule has 1 aliphatic rings. The number of hydrogen-bond acceptors (Lipinski definition) is 3. The fraction of sp³-hybridized carbons (Fsp3) is 0.909. The van der Waals surface area contributed by atoms with E-state index in [9.17, 15) is 4.79 Å². The number of hydrogen-bond donors (Lipinski definition) is 2. The Morgan fingerprint density at radius 1 is 1.53 bits per heavy atom. The average Bonchev–Trinajstić information content (AvgIpc) is 2.63. The molecule has 2 N–H and O–H groups in total. The summed E-state index contributed by atoms with van der Waals surface area (Å²) in [4.78, 5) is 11.6. The SMILES string of the molecule is CC(C)(C)SCCNC(=O)[C@@H]1CCCN1. The van der Waals surface area contributed by atoms with Crippen molar-refractivity contribution < 1.29 is 4.79 Å². The van der Waals surface area contributed by atoms with Crippen LogP contribution in [0.15, 0.2) is 0 Å². The van der Waals surface area contributed by atoms with Crippen LogP contribution in [-0.4, -0.2) is 35.5 Å². The van der Waals surface area contributed by atoms with Crippen LogP contribution < -0.4 is 10.6 Å². The van der Waals surface area contributed by atoms with Gasteiger partial charge in [-0.25, -0.2) is 0 Å². The second kappa shape index (κ2) is 5.75. The Hall–Kier alpha value is -0.220. The Morgan fingerprint density at radius 3 is 2.80 bits per heavy atom. The maximum Gasteiger partial charge on any atom is 0.237 e. The highest BCUT2D eigenvalue weighted by atomic mass is 32.2. The summed E-state index contributed by atoms with van der Waals surface area (Å²) in [5.41, 5.74) is 0. The van der Waals surface area contributed by atoms with Gasteiger partial charge >= 0.3 is 0 Å². The van der Waals surface area contributed by atoms with Crippen molar-refractivity contribution in [3.05, 3.63) is 0 Å². The van der Waals surface area contributed by atoms with Crippen molar-refractivity contribution in [3.63, 3.8) is 0 Å². The third-order valence-corrected chi connectivity index (χ3v) is 3.59. The molecule has 3 nitrogen and oxygen atoms in total. The van der Waals surface area contributed by atoms with Gasteiger partial charge in [-0.2, -0.15) is 11.8 Å². The number of thioether (sulfide) groups is 1. The molecule has 1 saturated heterocycles. The van der Waals surface area contributed by atoms with Crippen molar-refractivity contribution in [2.75, 3.05) is 18.8 Å². The van der Waals surface area contributed by atoms with Crippen molar-refractivity contribution in [1.82, 2.24) is 10.6 Å². The Morgan fingerprint density at radius 2 is 2.27 bits per heavy atom. The van der Waals surface area contributed by atoms with Gasteiger partial charge in [0.25, 0.3) is 0 Å². The highest BCUT2D eigenvalue weighted by molar-refractivity contribution is 8.00. The lowest BCUT2D eigenvalue weighted by atomic mass is 10.2. The normalized spacial score (nSPS) is 21.7. The molecule has 0 saturated carbocycles. The highest BCUT2D eigenvalue weighted by Gasteiger charge is 2.21. The fourth-order valence-electron chi connectivity index (χ4n) is 1.56. The van der Waals surface area contributed by atoms with Gasteiger partial charge in [0.2, 0.25) is 5.91 Å². The summed E-state index contributed by atoms with van der Waals surface area (Å²) in [5, 5.41) is 6.17. The topological polar surface area (TPSA) is 41.1 Å². The lowest BCUT2D eigenvalue weighted by Gasteiger charge is -2.18. The molecule has 1 fully saturated rings. The van der Waals surface area contributed by atoms with E-state index in [0.717, 1.165) is 31.7 Å². The number of rotatable bonds is 4. The van der Waals surface area contributed by atoms with Crippen LogP contribution in [0.1, 0.15) is 33.6 Å². The quantitative estimate of drug-likeness (QED) is 0.717. The van der Waals surface area contributed by atoms with Crippen molar-refractivity contribution in [2.24, 2.45) is 0 Å². The largest absolute Gasteiger partial charge is 0.354 e. The second-order valence-corrected chi connectivity index (χ2v) is 6.82. The van der Waals surface area contributed by atoms with Gasteiger partial charge < -0.3 is 10.6 Å². The molecular weight excluding hydrogens is 208 g/mol. The molecule has 0 aromatic heterocycles. The van der Waals surface area contributed by atoms with Crippen LogP contribution >= 0.6 is 11.8 Å². The van der Waals surface area contributed by atoms with E-state index < -0.39 is 0 Å². The molecule has 0 unspecified atom stereocenters. The maximum atomic E-state index is 11.6. The van der Waals surface area contributed by atoms with Crippen LogP contribution in [0, 0.1) is 0 Å². The number of carbonyl (C=O) groups excluding carboxylic acids is 1. The second-order valence-electron chi connectivity index (χ2n) is 4.90. The molecule has 1 rings (SSSR count). The van der Waals surface area contributed by atoms with E-state index in [1.807, 2.05) is 11.8 Å². The highest BCUT2D eigenvalue weighted by Crippen LogP contribution is 2.22. The molecule has 0 bridgehead atoms. The molecule has 0 aliphatic carbocycles. The van der Waals surface area contributed by atoms with Crippen LogP contribution in [-0.2, 0) is 4.79 Å². The van der Waals surface area contributed by atoms with Crippen LogP contribution in [0.3, 0.4) is 0 Å². The van der Waals surface area contributed by atoms with E-state index in [4.69, 9.17) is 0 Å². The number of amides is 1. The molecule has 1 atom stereocenters. The summed E-state index contributed by atoms with van der Waals surface area (Å²) in [6, 6.07) is 0.0598. The van der Waals surface area contributed by atoms with Gasteiger partial charge in [-0.15, -0.1) is 0 Å². The van der Waals surface area contributed by atoms with Gasteiger partial charge in [0.1, 0.15) is 0 Å². The smallest absolute Gasteiger partial charge is 0.237 e. The first-order chi connectivity index (χ1) is 6.99. The molecule has 0 spiro atoms. The monoisotopic (exact) mass is 230 g/mol. The summed E-state index contributed by atoms with van der Waals surface area (Å²) < 4.78 is 0.288. The zero-order chi connectivity index (χ0) is 11.3. The standard InChI is InChI=1S/C11H22N2OS/c1-11(2,3)15-8-7-13-10(14)9-5-4-6-12-9/h9,12H,4-8H2,1-3H3,(H,13,14)/t9-/m0/s1. The van der Waals surface area contributed by atoms with Crippen molar-refractivity contribution in [1.29, 1.82) is 0 Å². The minimum atomic E-state index is 0.0598. The predicted octanol–water partition coefficient (Wildman–Crippen LogP) is 1.39. The van der Waals surface area contributed by atoms with Gasteiger partial charge in [0.05, 0.1) is 6.04 Å². The summed E-state index contributed by atoms with van der Waals surface area (Å²) >= 11 is 1.88. The summed E-state index contributed by atoms with van der Waals surface area (Å²) in [6.45, 7) is 8.34. The lowest BCUT2D eigenvalue weighted by molar-refractivity contribution is -0.122. The van der Waals surface area contributed by atoms with Crippen LogP contribution in [0.5, 0.6) is 0 Å². The molecule has 0 aromatic carbocycles. The van der Waals surface area contributed by atoms with E-state index in [0.29, 0.717) is 0 Å². The first-order valence-corrected chi connectivity index (χ1v) is 6.63. The minimum absolute atomic E-state index is 0.0598. The lowest BCUT2D eigenvalue weighted by Crippen LogP contribution is -2.41. The van der Waals surface area contributed by atoms with Crippen LogP contribution in [0.25, 0.3) is 0 Å². The summed E-state index contributed by atoms with van der Waals surface area (Å²) in [6.07, 6.45) is 2.10. The van der Waals surface area contributed by atoms with E-state index in [1.54, 1.807) is 0 Å². The third kappa shape index (κ3) is 5.42. The molecule has 4 heteroatoms. The van der Waals surface area contributed by atoms with E-state index in [2.05, 4.69) is 31.4 Å². The number of nitrogens with one attached hydrogen (secondary N) is 2. The molecule has 15 heavy (non-hydrogen) atoms. The Labute approximate surface area is 96.8 Å². The molecular formula is C11H22N2OS. The van der Waals surface area contributed by atoms with Crippen LogP contribution in [0.2, 0.25) is 0 Å². The summed E-state index contributed by atoms with van der Waals surface area (Å²) in [5.74, 6) is 1.16. The summed E-state index contributed by atoms with van der Waals surface area (Å²) in [7, 11) is 0. The van der Waals surface area contributed by atoms with E-state index in [-0.39, 0.29) is 16.7 Å². The Balaban J connectivity index is 2.07. The molecule has 0 radical (unpaired) electrons. The first-order valence-electron chi connectivity index (χ1n) is 5.64. The van der Waals surface area contributed by atoms with Gasteiger partial charge in [-0.05, 0) is 19.4 Å². The minimum Gasteiger partial charge on any atom is -0.354 e. The van der Waals surface area contributed by atoms with E-state index in [1.165, 1.54) is 0 Å². The number of carbonyl (C=O) groups is 1. The molecule has 1 amide bonds. The molecule has 88 valence electrons. The van der Waals surface area contributed by atoms with Gasteiger partial charge in [0.15, 0.2) is 0 Å². The Kier molecular flexibility index (Phi) is 4.93. The zero-order valence-corrected chi connectivity index (χ0v) is 10.7. The molecule has 1 aliphatic heterocycles.